The van der Waals surface area contributed by atoms with Crippen molar-refractivity contribution in [1.82, 2.24) is 0 Å². The molecule has 0 saturated carbocycles. The van der Waals surface area contributed by atoms with E-state index in [1.807, 2.05) is 0 Å². The Labute approximate surface area is 420 Å². The van der Waals surface area contributed by atoms with Crippen molar-refractivity contribution in [3.63, 3.8) is 0 Å². The van der Waals surface area contributed by atoms with Gasteiger partial charge in [0.2, 0.25) is 0 Å². The lowest BCUT2D eigenvalue weighted by molar-refractivity contribution is -0.167. The van der Waals surface area contributed by atoms with Gasteiger partial charge in [-0.2, -0.15) is 0 Å². The number of unbranched alkanes of at least 4 members (excludes halogenated alkanes) is 26. The predicted octanol–water partition coefficient (Wildman–Crippen LogP) is 19.2. The second-order valence-corrected chi connectivity index (χ2v) is 18.8. The Hall–Kier alpha value is -3.41. The van der Waals surface area contributed by atoms with E-state index in [-0.39, 0.29) is 31.1 Å². The Kier molecular flexibility index (Phi) is 53.4. The Morgan fingerprint density at radius 1 is 0.309 bits per heavy atom. The molecule has 0 aliphatic heterocycles. The maximum atomic E-state index is 12.9. The first-order chi connectivity index (χ1) is 33.5. The number of carbonyl (C=O) groups is 3. The molecule has 0 amide bonds. The van der Waals surface area contributed by atoms with Gasteiger partial charge in [0.05, 0.1) is 0 Å². The van der Waals surface area contributed by atoms with Gasteiger partial charge < -0.3 is 14.2 Å². The molecule has 0 aromatic carbocycles. The van der Waals surface area contributed by atoms with E-state index >= 15 is 0 Å². The van der Waals surface area contributed by atoms with Crippen molar-refractivity contribution in [3.8, 4) is 0 Å². The molecule has 0 fully saturated rings. The van der Waals surface area contributed by atoms with Crippen LogP contribution in [0.5, 0.6) is 0 Å². The first-order valence-corrected chi connectivity index (χ1v) is 28.6. The molecule has 1 atom stereocenters. The third-order valence-corrected chi connectivity index (χ3v) is 12.1. The lowest BCUT2D eigenvalue weighted by atomic mass is 10.1. The highest BCUT2D eigenvalue weighted by atomic mass is 16.6. The van der Waals surface area contributed by atoms with Crippen molar-refractivity contribution in [2.24, 2.45) is 0 Å². The normalized spacial score (nSPS) is 12.7. The summed E-state index contributed by atoms with van der Waals surface area (Å²) in [6.07, 6.45) is 72.8. The van der Waals surface area contributed by atoms with Gasteiger partial charge in [0.15, 0.2) is 6.10 Å². The summed E-state index contributed by atoms with van der Waals surface area (Å²) in [5, 5.41) is 0. The molecular formula is C62H106O6. The molecule has 0 radical (unpaired) electrons. The van der Waals surface area contributed by atoms with Gasteiger partial charge >= 0.3 is 17.9 Å². The summed E-state index contributed by atoms with van der Waals surface area (Å²) in [6, 6.07) is 0. The van der Waals surface area contributed by atoms with E-state index in [0.29, 0.717) is 19.3 Å². The topological polar surface area (TPSA) is 78.9 Å². The van der Waals surface area contributed by atoms with E-state index in [1.54, 1.807) is 0 Å². The zero-order valence-electron chi connectivity index (χ0n) is 44.6. The van der Waals surface area contributed by atoms with E-state index in [2.05, 4.69) is 106 Å². The average Bonchev–Trinajstić information content (AvgIpc) is 3.34. The van der Waals surface area contributed by atoms with Crippen molar-refractivity contribution >= 4 is 17.9 Å². The van der Waals surface area contributed by atoms with E-state index in [9.17, 15) is 14.4 Å². The van der Waals surface area contributed by atoms with E-state index in [4.69, 9.17) is 14.2 Å². The summed E-state index contributed by atoms with van der Waals surface area (Å²) >= 11 is 0. The highest BCUT2D eigenvalue weighted by molar-refractivity contribution is 5.71. The van der Waals surface area contributed by atoms with Crippen LogP contribution in [0.1, 0.15) is 271 Å². The number of carbonyl (C=O) groups excluding carboxylic acids is 3. The van der Waals surface area contributed by atoms with Crippen LogP contribution in [0.3, 0.4) is 0 Å². The minimum atomic E-state index is -0.796. The molecule has 0 saturated heterocycles. The van der Waals surface area contributed by atoms with Gasteiger partial charge in [0.25, 0.3) is 0 Å². The molecule has 390 valence electrons. The highest BCUT2D eigenvalue weighted by Gasteiger charge is 2.19. The van der Waals surface area contributed by atoms with Gasteiger partial charge in [-0.3, -0.25) is 14.4 Å². The Balaban J connectivity index is 4.46. The summed E-state index contributed by atoms with van der Waals surface area (Å²) < 4.78 is 16.8. The third kappa shape index (κ3) is 53.5. The number of ether oxygens (including phenoxy) is 3. The molecule has 6 heteroatoms. The zero-order chi connectivity index (χ0) is 49.3. The molecule has 1 unspecified atom stereocenters. The summed E-state index contributed by atoms with van der Waals surface area (Å²) in [6.45, 7) is 6.48. The maximum Gasteiger partial charge on any atom is 0.306 e. The summed E-state index contributed by atoms with van der Waals surface area (Å²) in [4.78, 5) is 38.2. The van der Waals surface area contributed by atoms with Gasteiger partial charge in [-0.05, 0) is 116 Å². The van der Waals surface area contributed by atoms with Crippen LogP contribution >= 0.6 is 0 Å². The van der Waals surface area contributed by atoms with Crippen LogP contribution in [-0.2, 0) is 28.6 Å². The second-order valence-electron chi connectivity index (χ2n) is 18.8. The van der Waals surface area contributed by atoms with Gasteiger partial charge in [-0.15, -0.1) is 0 Å². The number of esters is 3. The van der Waals surface area contributed by atoms with Crippen LogP contribution in [0.2, 0.25) is 0 Å². The van der Waals surface area contributed by atoms with Crippen molar-refractivity contribution < 1.29 is 28.6 Å². The quantitative estimate of drug-likeness (QED) is 0.0262. The van der Waals surface area contributed by atoms with Gasteiger partial charge in [0.1, 0.15) is 13.2 Å². The minimum Gasteiger partial charge on any atom is -0.462 e. The van der Waals surface area contributed by atoms with Crippen molar-refractivity contribution in [3.05, 3.63) is 85.1 Å². The standard InChI is InChI=1S/C62H106O6/c1-4-7-10-13-16-19-22-25-28-31-34-37-40-43-46-49-52-55-61(64)67-58-59(57-66-60(63)54-51-48-45-42-39-36-33-30-27-24-21-18-15-12-9-6-3)68-62(65)56-53-50-47-44-41-38-35-32-29-26-23-20-17-14-11-8-5-2/h7,10,16,19,21,24-26,28-30,33-34,37,59H,4-6,8-9,11-15,17-18,20,22-23,27,31-32,35-36,38-58H2,1-3H3/b10-7-,19-16-,24-21-,28-25-,29-26-,33-30-,37-34-. The van der Waals surface area contributed by atoms with Crippen LogP contribution in [0, 0.1) is 0 Å². The van der Waals surface area contributed by atoms with Crippen LogP contribution in [0.25, 0.3) is 0 Å². The monoisotopic (exact) mass is 947 g/mol. The highest BCUT2D eigenvalue weighted by Crippen LogP contribution is 2.14. The van der Waals surface area contributed by atoms with Gasteiger partial charge in [0, 0.05) is 19.3 Å². The maximum absolute atomic E-state index is 12.9. The van der Waals surface area contributed by atoms with E-state index in [0.717, 1.165) is 122 Å². The Morgan fingerprint density at radius 3 is 0.926 bits per heavy atom. The molecular weight excluding hydrogens is 841 g/mol. The Morgan fingerprint density at radius 2 is 0.574 bits per heavy atom. The van der Waals surface area contributed by atoms with E-state index in [1.165, 1.54) is 109 Å². The molecule has 0 aromatic rings. The first kappa shape index (κ1) is 64.6. The Bertz CT molecular complexity index is 1320. The first-order valence-electron chi connectivity index (χ1n) is 28.6. The molecule has 0 N–H and O–H groups in total. The van der Waals surface area contributed by atoms with Crippen molar-refractivity contribution in [2.45, 2.75) is 277 Å². The molecule has 0 spiro atoms. The van der Waals surface area contributed by atoms with E-state index < -0.39 is 6.10 Å². The van der Waals surface area contributed by atoms with Crippen LogP contribution < -0.4 is 0 Å². The van der Waals surface area contributed by atoms with Gasteiger partial charge in [-0.1, -0.05) is 221 Å². The second kappa shape index (κ2) is 56.2. The molecule has 0 bridgehead atoms. The summed E-state index contributed by atoms with van der Waals surface area (Å²) in [7, 11) is 0. The minimum absolute atomic E-state index is 0.0935. The fourth-order valence-corrected chi connectivity index (χ4v) is 7.81. The number of rotatable bonds is 51. The zero-order valence-corrected chi connectivity index (χ0v) is 44.6. The number of hydrogen-bond donors (Lipinski definition) is 0. The van der Waals surface area contributed by atoms with Crippen LogP contribution in [0.4, 0.5) is 0 Å². The molecule has 0 rings (SSSR count). The SMILES string of the molecule is CC/C=C\C/C=C\C/C=C\C/C=C\CCCCCCC(=O)OCC(COC(=O)CCCCCCC/C=C\C/C=C\CCCCCC)OC(=O)CCCCCCCCC/C=C\CCCCCCCC. The fraction of sp³-hybridized carbons (Fsp3) is 0.726. The molecule has 0 aliphatic rings. The molecule has 0 aliphatic carbocycles. The molecule has 68 heavy (non-hydrogen) atoms. The third-order valence-electron chi connectivity index (χ3n) is 12.1. The van der Waals surface area contributed by atoms with Gasteiger partial charge in [-0.25, -0.2) is 0 Å². The lowest BCUT2D eigenvalue weighted by Crippen LogP contribution is -2.30. The molecule has 0 heterocycles. The lowest BCUT2D eigenvalue weighted by Gasteiger charge is -2.18. The number of allylic oxidation sites excluding steroid dienone is 14. The summed E-state index contributed by atoms with van der Waals surface area (Å²) in [5.41, 5.74) is 0. The molecule has 6 nitrogen and oxygen atoms in total. The van der Waals surface area contributed by atoms with Crippen molar-refractivity contribution in [2.75, 3.05) is 13.2 Å². The van der Waals surface area contributed by atoms with Crippen LogP contribution in [-0.4, -0.2) is 37.2 Å². The number of hydrogen-bond acceptors (Lipinski definition) is 6. The van der Waals surface area contributed by atoms with Crippen LogP contribution in [0.15, 0.2) is 85.1 Å². The van der Waals surface area contributed by atoms with Crippen molar-refractivity contribution in [1.29, 1.82) is 0 Å². The smallest absolute Gasteiger partial charge is 0.306 e. The summed E-state index contributed by atoms with van der Waals surface area (Å²) in [5.74, 6) is -0.929. The fourth-order valence-electron chi connectivity index (χ4n) is 7.81. The largest absolute Gasteiger partial charge is 0.462 e. The average molecular weight is 948 g/mol. The predicted molar refractivity (Wildman–Crippen MR) is 293 cm³/mol. The molecule has 0 aromatic heterocycles.